The Morgan fingerprint density at radius 2 is 2.42 bits per heavy atom. The van der Waals surface area contributed by atoms with E-state index in [2.05, 4.69) is 26.0 Å². The molecule has 0 aliphatic rings. The van der Waals surface area contributed by atoms with Crippen LogP contribution in [0, 0.1) is 10.1 Å². The molecular formula is C10H11BrN4O3S. The Bertz CT molecular complexity index is 597. The topological polar surface area (TPSA) is 83.1 Å². The van der Waals surface area contributed by atoms with E-state index in [0.717, 1.165) is 10.7 Å². The highest BCUT2D eigenvalue weighted by Gasteiger charge is 2.19. The number of thiazole rings is 1. The summed E-state index contributed by atoms with van der Waals surface area (Å²) in [6.07, 6.45) is 1.51. The summed E-state index contributed by atoms with van der Waals surface area (Å²) in [5, 5.41) is 17.3. The van der Waals surface area contributed by atoms with Gasteiger partial charge in [-0.15, -0.1) is 11.3 Å². The monoisotopic (exact) mass is 346 g/mol. The van der Waals surface area contributed by atoms with Crippen LogP contribution in [0.3, 0.4) is 0 Å². The van der Waals surface area contributed by atoms with Crippen LogP contribution in [-0.4, -0.2) is 26.8 Å². The minimum Gasteiger partial charge on any atom is -0.375 e. The highest BCUT2D eigenvalue weighted by atomic mass is 79.9. The Labute approximate surface area is 121 Å². The molecule has 0 bridgehead atoms. The van der Waals surface area contributed by atoms with Gasteiger partial charge < -0.3 is 14.9 Å². The van der Waals surface area contributed by atoms with E-state index in [1.165, 1.54) is 16.0 Å². The fourth-order valence-corrected chi connectivity index (χ4v) is 2.74. The van der Waals surface area contributed by atoms with Crippen molar-refractivity contribution in [3.63, 3.8) is 0 Å². The number of methoxy groups -OCH3 is 1. The molecule has 102 valence electrons. The van der Waals surface area contributed by atoms with Crippen molar-refractivity contribution in [2.24, 2.45) is 0 Å². The van der Waals surface area contributed by atoms with Crippen LogP contribution in [-0.2, 0) is 11.3 Å². The van der Waals surface area contributed by atoms with E-state index in [9.17, 15) is 10.1 Å². The Morgan fingerprint density at radius 1 is 1.68 bits per heavy atom. The van der Waals surface area contributed by atoms with E-state index in [-0.39, 0.29) is 11.9 Å². The van der Waals surface area contributed by atoms with Crippen LogP contribution in [0.5, 0.6) is 0 Å². The van der Waals surface area contributed by atoms with Gasteiger partial charge in [0.2, 0.25) is 0 Å². The van der Waals surface area contributed by atoms with Crippen molar-refractivity contribution < 1.29 is 9.66 Å². The Morgan fingerprint density at radius 3 is 3.00 bits per heavy atom. The van der Waals surface area contributed by atoms with Crippen LogP contribution < -0.4 is 0 Å². The fourth-order valence-electron chi connectivity index (χ4n) is 1.44. The van der Waals surface area contributed by atoms with Crippen LogP contribution >= 0.6 is 27.3 Å². The van der Waals surface area contributed by atoms with Crippen molar-refractivity contribution in [3.8, 4) is 0 Å². The van der Waals surface area contributed by atoms with Gasteiger partial charge in [-0.3, -0.25) is 0 Å². The molecule has 0 N–H and O–H groups in total. The number of hydrogen-bond donors (Lipinski definition) is 0. The van der Waals surface area contributed by atoms with Gasteiger partial charge in [-0.1, -0.05) is 0 Å². The number of halogens is 1. The molecule has 0 amide bonds. The molecule has 0 radical (unpaired) electrons. The summed E-state index contributed by atoms with van der Waals surface area (Å²) < 4.78 is 7.03. The van der Waals surface area contributed by atoms with Crippen LogP contribution in [0.25, 0.3) is 0 Å². The van der Waals surface area contributed by atoms with Gasteiger partial charge in [-0.2, -0.15) is 4.68 Å². The largest absolute Gasteiger partial charge is 0.404 e. The van der Waals surface area contributed by atoms with E-state index in [0.29, 0.717) is 11.0 Å². The first-order valence-electron chi connectivity index (χ1n) is 5.35. The SMILES string of the molecule is COC(C)c1nc(Cn2cc(Br)c([N+](=O)[O-])n2)cs1. The molecule has 7 nitrogen and oxygen atoms in total. The predicted molar refractivity (Wildman–Crippen MR) is 73.2 cm³/mol. The van der Waals surface area contributed by atoms with Crippen molar-refractivity contribution in [1.29, 1.82) is 0 Å². The summed E-state index contributed by atoms with van der Waals surface area (Å²) in [6, 6.07) is 0. The summed E-state index contributed by atoms with van der Waals surface area (Å²) in [6.45, 7) is 2.30. The number of hydrogen-bond acceptors (Lipinski definition) is 6. The van der Waals surface area contributed by atoms with Gasteiger partial charge in [-0.25, -0.2) is 4.98 Å². The summed E-state index contributed by atoms with van der Waals surface area (Å²) in [5.41, 5.74) is 0.800. The molecule has 1 unspecified atom stereocenters. The quantitative estimate of drug-likeness (QED) is 0.613. The maximum Gasteiger partial charge on any atom is 0.404 e. The zero-order valence-corrected chi connectivity index (χ0v) is 12.6. The van der Waals surface area contributed by atoms with Gasteiger partial charge >= 0.3 is 5.82 Å². The lowest BCUT2D eigenvalue weighted by atomic mass is 10.4. The normalized spacial score (nSPS) is 12.6. The van der Waals surface area contributed by atoms with Gasteiger partial charge in [0.25, 0.3) is 0 Å². The average molecular weight is 347 g/mol. The molecular weight excluding hydrogens is 336 g/mol. The van der Waals surface area contributed by atoms with E-state index in [4.69, 9.17) is 4.74 Å². The fraction of sp³-hybridized carbons (Fsp3) is 0.400. The Balaban J connectivity index is 2.15. The Hall–Kier alpha value is -1.32. The summed E-state index contributed by atoms with van der Waals surface area (Å²) >= 11 is 4.60. The Kier molecular flexibility index (Phi) is 4.27. The van der Waals surface area contributed by atoms with Crippen LogP contribution in [0.4, 0.5) is 5.82 Å². The minimum absolute atomic E-state index is 0.0579. The highest BCUT2D eigenvalue weighted by molar-refractivity contribution is 9.10. The van der Waals surface area contributed by atoms with Crippen molar-refractivity contribution in [1.82, 2.24) is 14.8 Å². The first-order valence-corrected chi connectivity index (χ1v) is 7.03. The summed E-state index contributed by atoms with van der Waals surface area (Å²) in [7, 11) is 1.62. The van der Waals surface area contributed by atoms with E-state index >= 15 is 0 Å². The lowest BCUT2D eigenvalue weighted by Gasteiger charge is -2.03. The summed E-state index contributed by atoms with van der Waals surface area (Å²) in [5.74, 6) is -0.194. The number of ether oxygens (including phenoxy) is 1. The third-order valence-corrected chi connectivity index (χ3v) is 4.08. The van der Waals surface area contributed by atoms with Crippen molar-refractivity contribution in [3.05, 3.63) is 36.9 Å². The molecule has 2 aromatic rings. The molecule has 2 heterocycles. The van der Waals surface area contributed by atoms with Crippen LogP contribution in [0.15, 0.2) is 16.0 Å². The molecule has 0 aromatic carbocycles. The molecule has 0 saturated carbocycles. The maximum absolute atomic E-state index is 10.7. The molecule has 0 aliphatic heterocycles. The van der Waals surface area contributed by atoms with Gasteiger partial charge in [0, 0.05) is 12.5 Å². The second kappa shape index (κ2) is 5.76. The summed E-state index contributed by atoms with van der Waals surface area (Å²) in [4.78, 5) is 14.6. The van der Waals surface area contributed by atoms with E-state index in [1.54, 1.807) is 13.3 Å². The zero-order valence-electron chi connectivity index (χ0n) is 10.2. The molecule has 0 spiro atoms. The van der Waals surface area contributed by atoms with Crippen molar-refractivity contribution in [2.45, 2.75) is 19.6 Å². The molecule has 2 aromatic heterocycles. The van der Waals surface area contributed by atoms with Gasteiger partial charge in [-0.05, 0) is 27.8 Å². The van der Waals surface area contributed by atoms with Crippen molar-refractivity contribution >= 4 is 33.1 Å². The van der Waals surface area contributed by atoms with Crippen LogP contribution in [0.2, 0.25) is 0 Å². The predicted octanol–water partition coefficient (Wildman–Crippen LogP) is 2.77. The standard InChI is InChI=1S/C10H11BrN4O3S/c1-6(18-2)10-12-7(5-19-10)3-14-4-8(11)9(13-14)15(16)17/h4-6H,3H2,1-2H3. The van der Waals surface area contributed by atoms with Gasteiger partial charge in [0.15, 0.2) is 0 Å². The molecule has 0 saturated heterocycles. The zero-order chi connectivity index (χ0) is 14.0. The van der Waals surface area contributed by atoms with E-state index in [1.807, 2.05) is 12.3 Å². The van der Waals surface area contributed by atoms with E-state index < -0.39 is 4.92 Å². The van der Waals surface area contributed by atoms with Crippen molar-refractivity contribution in [2.75, 3.05) is 7.11 Å². The molecule has 9 heteroatoms. The molecule has 2 rings (SSSR count). The molecule has 0 fully saturated rings. The molecule has 1 atom stereocenters. The number of rotatable bonds is 5. The first kappa shape index (κ1) is 14.1. The minimum atomic E-state index is -0.528. The highest BCUT2D eigenvalue weighted by Crippen LogP contribution is 2.24. The number of nitrogens with zero attached hydrogens (tertiary/aromatic N) is 4. The van der Waals surface area contributed by atoms with Gasteiger partial charge in [0.05, 0.1) is 17.0 Å². The lowest BCUT2D eigenvalue weighted by Crippen LogP contribution is -2.02. The first-order chi connectivity index (χ1) is 9.01. The third-order valence-electron chi connectivity index (χ3n) is 2.47. The average Bonchev–Trinajstić information content (AvgIpc) is 2.95. The second-order valence-corrected chi connectivity index (χ2v) is 5.55. The maximum atomic E-state index is 10.7. The second-order valence-electron chi connectivity index (χ2n) is 3.81. The van der Waals surface area contributed by atoms with Crippen LogP contribution in [0.1, 0.15) is 23.7 Å². The molecule has 19 heavy (non-hydrogen) atoms. The number of aromatic nitrogens is 3. The number of nitro groups is 1. The lowest BCUT2D eigenvalue weighted by molar-refractivity contribution is -0.390. The van der Waals surface area contributed by atoms with Gasteiger partial charge in [0.1, 0.15) is 22.1 Å². The smallest absolute Gasteiger partial charge is 0.375 e. The molecule has 0 aliphatic carbocycles. The third kappa shape index (κ3) is 3.17.